The zero-order chi connectivity index (χ0) is 11.0. The number of aromatic hydroxyl groups is 1. The summed E-state index contributed by atoms with van der Waals surface area (Å²) in [6.45, 7) is 1.36. The Labute approximate surface area is 84.7 Å². The Morgan fingerprint density at radius 1 is 1.53 bits per heavy atom. The number of rotatable bonds is 1. The number of fused-ring (bicyclic) bond motifs is 1. The monoisotopic (exact) mass is 208 g/mol. The number of phenolic OH excluding ortho intramolecular Hbond substituents is 1. The van der Waals surface area contributed by atoms with E-state index in [-0.39, 0.29) is 17.2 Å². The van der Waals surface area contributed by atoms with Gasteiger partial charge in [-0.15, -0.1) is 0 Å². The minimum atomic E-state index is -0.554. The van der Waals surface area contributed by atoms with E-state index < -0.39 is 5.82 Å². The van der Waals surface area contributed by atoms with Gasteiger partial charge in [0.05, 0.1) is 11.2 Å². The first-order valence-electron chi connectivity index (χ1n) is 4.35. The summed E-state index contributed by atoms with van der Waals surface area (Å²) in [5, 5.41) is 12.2. The van der Waals surface area contributed by atoms with E-state index in [4.69, 9.17) is 0 Å². The molecule has 5 heteroatoms. The highest BCUT2D eigenvalue weighted by Crippen LogP contribution is 2.28. The van der Waals surface area contributed by atoms with Crippen LogP contribution in [-0.2, 0) is 4.79 Å². The van der Waals surface area contributed by atoms with Crippen molar-refractivity contribution in [2.45, 2.75) is 6.92 Å². The van der Waals surface area contributed by atoms with Crippen LogP contribution in [0.25, 0.3) is 10.9 Å². The van der Waals surface area contributed by atoms with Crippen molar-refractivity contribution in [1.82, 2.24) is 4.98 Å². The van der Waals surface area contributed by atoms with Crippen LogP contribution in [-0.4, -0.2) is 16.0 Å². The number of H-pyrrole nitrogens is 1. The maximum atomic E-state index is 13.3. The van der Waals surface area contributed by atoms with Gasteiger partial charge in [-0.2, -0.15) is 0 Å². The van der Waals surface area contributed by atoms with Crippen molar-refractivity contribution in [1.29, 1.82) is 0 Å². The number of carbonyl (C=O) groups excluding carboxylic acids is 1. The fourth-order valence-corrected chi connectivity index (χ4v) is 1.47. The van der Waals surface area contributed by atoms with Gasteiger partial charge < -0.3 is 15.4 Å². The molecule has 0 saturated carbocycles. The third kappa shape index (κ3) is 1.63. The first kappa shape index (κ1) is 9.51. The molecule has 0 saturated heterocycles. The number of hydrogen-bond acceptors (Lipinski definition) is 2. The molecular weight excluding hydrogens is 199 g/mol. The summed E-state index contributed by atoms with van der Waals surface area (Å²) < 4.78 is 13.3. The van der Waals surface area contributed by atoms with Gasteiger partial charge in [0.15, 0.2) is 5.82 Å². The van der Waals surface area contributed by atoms with Gasteiger partial charge in [-0.05, 0) is 6.07 Å². The molecule has 1 amide bonds. The van der Waals surface area contributed by atoms with E-state index in [0.29, 0.717) is 11.1 Å². The topological polar surface area (TPSA) is 65.1 Å². The van der Waals surface area contributed by atoms with Crippen molar-refractivity contribution in [3.63, 3.8) is 0 Å². The zero-order valence-electron chi connectivity index (χ0n) is 7.97. The quantitative estimate of drug-likeness (QED) is 0.670. The Kier molecular flexibility index (Phi) is 2.07. The lowest BCUT2D eigenvalue weighted by molar-refractivity contribution is -0.114. The summed E-state index contributed by atoms with van der Waals surface area (Å²) in [5.74, 6) is -0.979. The number of aromatic nitrogens is 1. The second-order valence-electron chi connectivity index (χ2n) is 3.23. The Bertz CT molecular complexity index is 533. The largest absolute Gasteiger partial charge is 0.508 e. The van der Waals surface area contributed by atoms with Crippen LogP contribution in [0.5, 0.6) is 5.75 Å². The smallest absolute Gasteiger partial charge is 0.221 e. The average molecular weight is 208 g/mol. The summed E-state index contributed by atoms with van der Waals surface area (Å²) in [6.07, 6.45) is 1.48. The van der Waals surface area contributed by atoms with E-state index in [9.17, 15) is 14.3 Å². The van der Waals surface area contributed by atoms with Crippen LogP contribution in [0.15, 0.2) is 18.3 Å². The normalized spacial score (nSPS) is 10.5. The second-order valence-corrected chi connectivity index (χ2v) is 3.23. The number of anilines is 1. The zero-order valence-corrected chi connectivity index (χ0v) is 7.97. The molecule has 0 atom stereocenters. The molecule has 0 radical (unpaired) electrons. The minimum absolute atomic E-state index is 0.175. The summed E-state index contributed by atoms with van der Waals surface area (Å²) in [7, 11) is 0. The molecule has 0 aliphatic carbocycles. The van der Waals surface area contributed by atoms with Gasteiger partial charge in [-0.25, -0.2) is 4.39 Å². The number of benzene rings is 1. The molecule has 0 aliphatic rings. The van der Waals surface area contributed by atoms with E-state index in [0.717, 1.165) is 6.07 Å². The van der Waals surface area contributed by atoms with E-state index in [1.165, 1.54) is 19.2 Å². The molecule has 1 heterocycles. The van der Waals surface area contributed by atoms with E-state index in [1.807, 2.05) is 0 Å². The molecule has 4 nitrogen and oxygen atoms in total. The Hall–Kier alpha value is -2.04. The van der Waals surface area contributed by atoms with Crippen molar-refractivity contribution in [3.05, 3.63) is 24.1 Å². The van der Waals surface area contributed by atoms with Crippen LogP contribution >= 0.6 is 0 Å². The van der Waals surface area contributed by atoms with Gasteiger partial charge in [0.1, 0.15) is 5.75 Å². The fraction of sp³-hybridized carbons (Fsp3) is 0.100. The van der Waals surface area contributed by atoms with Crippen molar-refractivity contribution in [2.75, 3.05) is 5.32 Å². The summed E-state index contributed by atoms with van der Waals surface area (Å²) >= 11 is 0. The fourth-order valence-electron chi connectivity index (χ4n) is 1.47. The molecule has 1 aromatic heterocycles. The highest BCUT2D eigenvalue weighted by atomic mass is 19.1. The average Bonchev–Trinajstić information content (AvgIpc) is 2.48. The second kappa shape index (κ2) is 3.27. The molecule has 78 valence electrons. The molecule has 15 heavy (non-hydrogen) atoms. The van der Waals surface area contributed by atoms with Crippen LogP contribution in [0.4, 0.5) is 10.1 Å². The number of hydrogen-bond donors (Lipinski definition) is 3. The molecule has 0 bridgehead atoms. The van der Waals surface area contributed by atoms with Crippen LogP contribution in [0, 0.1) is 5.82 Å². The Morgan fingerprint density at radius 2 is 2.27 bits per heavy atom. The molecule has 3 N–H and O–H groups in total. The molecule has 0 fully saturated rings. The maximum absolute atomic E-state index is 13.3. The van der Waals surface area contributed by atoms with Crippen LogP contribution < -0.4 is 5.32 Å². The highest BCUT2D eigenvalue weighted by molar-refractivity contribution is 6.01. The first-order chi connectivity index (χ1) is 7.08. The Balaban J connectivity index is 2.63. The number of amides is 1. The highest BCUT2D eigenvalue weighted by Gasteiger charge is 2.10. The summed E-state index contributed by atoms with van der Waals surface area (Å²) in [6, 6.07) is 2.40. The summed E-state index contributed by atoms with van der Waals surface area (Å²) in [4.78, 5) is 13.5. The number of nitrogens with one attached hydrogen (secondary N) is 2. The van der Waals surface area contributed by atoms with Gasteiger partial charge >= 0.3 is 0 Å². The third-order valence-electron chi connectivity index (χ3n) is 2.04. The lowest BCUT2D eigenvalue weighted by Crippen LogP contribution is -2.04. The molecule has 2 aromatic rings. The summed E-state index contributed by atoms with van der Waals surface area (Å²) in [5.41, 5.74) is 0.712. The Morgan fingerprint density at radius 3 is 2.93 bits per heavy atom. The van der Waals surface area contributed by atoms with Gasteiger partial charge in [0.2, 0.25) is 5.91 Å². The number of aromatic amines is 1. The predicted octanol–water partition coefficient (Wildman–Crippen LogP) is 1.97. The number of carbonyl (C=O) groups is 1. The number of phenols is 1. The molecule has 0 unspecified atom stereocenters. The van der Waals surface area contributed by atoms with Gasteiger partial charge in [0, 0.05) is 24.6 Å². The minimum Gasteiger partial charge on any atom is -0.508 e. The molecule has 0 aliphatic heterocycles. The molecule has 2 rings (SSSR count). The lowest BCUT2D eigenvalue weighted by Gasteiger charge is -2.00. The third-order valence-corrected chi connectivity index (χ3v) is 2.04. The van der Waals surface area contributed by atoms with Gasteiger partial charge in [-0.3, -0.25) is 4.79 Å². The van der Waals surface area contributed by atoms with Crippen LogP contribution in [0.1, 0.15) is 6.92 Å². The van der Waals surface area contributed by atoms with Crippen LogP contribution in [0.2, 0.25) is 0 Å². The molecule has 0 spiro atoms. The standard InChI is InChI=1S/C10H9FN2O2/c1-5(14)13-9-4-12-10-7(9)2-6(15)3-8(10)11/h2-4,12,15H,1H3,(H,13,14). The van der Waals surface area contributed by atoms with Crippen LogP contribution in [0.3, 0.4) is 0 Å². The van der Waals surface area contributed by atoms with Gasteiger partial charge in [0.25, 0.3) is 0 Å². The first-order valence-corrected chi connectivity index (χ1v) is 4.35. The van der Waals surface area contributed by atoms with Crippen molar-refractivity contribution >= 4 is 22.5 Å². The van der Waals surface area contributed by atoms with E-state index in [2.05, 4.69) is 10.3 Å². The molecular formula is C10H9FN2O2. The van der Waals surface area contributed by atoms with Crippen molar-refractivity contribution in [2.24, 2.45) is 0 Å². The number of halogens is 1. The van der Waals surface area contributed by atoms with Crippen molar-refractivity contribution in [3.8, 4) is 5.75 Å². The van der Waals surface area contributed by atoms with Crippen molar-refractivity contribution < 1.29 is 14.3 Å². The maximum Gasteiger partial charge on any atom is 0.221 e. The van der Waals surface area contributed by atoms with E-state index in [1.54, 1.807) is 0 Å². The SMILES string of the molecule is CC(=O)Nc1c[nH]c2c(F)cc(O)cc12. The molecule has 1 aromatic carbocycles. The lowest BCUT2D eigenvalue weighted by atomic mass is 10.2. The van der Waals surface area contributed by atoms with E-state index >= 15 is 0 Å². The predicted molar refractivity (Wildman–Crippen MR) is 54.2 cm³/mol. The van der Waals surface area contributed by atoms with Gasteiger partial charge in [-0.1, -0.05) is 0 Å².